The molecule has 1 N–H and O–H groups in total. The van der Waals surface area contributed by atoms with Crippen LogP contribution in [0.4, 0.5) is 0 Å². The summed E-state index contributed by atoms with van der Waals surface area (Å²) in [6.07, 6.45) is 3.72. The van der Waals surface area contributed by atoms with E-state index in [0.717, 1.165) is 47.6 Å². The summed E-state index contributed by atoms with van der Waals surface area (Å²) in [7, 11) is 0. The first kappa shape index (κ1) is 14.3. The molecule has 0 bridgehead atoms. The second-order valence-electron chi connectivity index (χ2n) is 4.51. The summed E-state index contributed by atoms with van der Waals surface area (Å²) in [5, 5.41) is 3.30. The maximum absolute atomic E-state index is 5.82. The SMILES string of the molecule is CCNCCCc1ncc(-c2cccc(C)c2Br)o1. The van der Waals surface area contributed by atoms with Gasteiger partial charge in [0.1, 0.15) is 0 Å². The summed E-state index contributed by atoms with van der Waals surface area (Å²) in [4.78, 5) is 4.35. The molecular weight excluding hydrogens is 304 g/mol. The number of rotatable bonds is 6. The Balaban J connectivity index is 2.06. The van der Waals surface area contributed by atoms with Gasteiger partial charge in [0, 0.05) is 16.5 Å². The lowest BCUT2D eigenvalue weighted by Gasteiger charge is -2.03. The lowest BCUT2D eigenvalue weighted by Crippen LogP contribution is -2.14. The molecule has 4 heteroatoms. The molecule has 0 aliphatic rings. The lowest BCUT2D eigenvalue weighted by atomic mass is 10.1. The molecule has 102 valence electrons. The average molecular weight is 323 g/mol. The molecule has 0 spiro atoms. The second kappa shape index (κ2) is 6.87. The number of nitrogens with zero attached hydrogens (tertiary/aromatic N) is 1. The highest BCUT2D eigenvalue weighted by atomic mass is 79.9. The van der Waals surface area contributed by atoms with Gasteiger partial charge in [0.25, 0.3) is 0 Å². The molecule has 19 heavy (non-hydrogen) atoms. The zero-order valence-electron chi connectivity index (χ0n) is 11.4. The Kier molecular flexibility index (Phi) is 5.16. The maximum atomic E-state index is 5.82. The van der Waals surface area contributed by atoms with Crippen molar-refractivity contribution in [2.45, 2.75) is 26.7 Å². The van der Waals surface area contributed by atoms with Crippen LogP contribution in [0, 0.1) is 6.92 Å². The fraction of sp³-hybridized carbons (Fsp3) is 0.400. The van der Waals surface area contributed by atoms with Crippen LogP contribution in [0.5, 0.6) is 0 Å². The summed E-state index contributed by atoms with van der Waals surface area (Å²) in [5.74, 6) is 1.63. The van der Waals surface area contributed by atoms with Gasteiger partial charge in [0.05, 0.1) is 6.20 Å². The summed E-state index contributed by atoms with van der Waals surface area (Å²) < 4.78 is 6.89. The van der Waals surface area contributed by atoms with Gasteiger partial charge in [0.2, 0.25) is 0 Å². The molecule has 0 amide bonds. The largest absolute Gasteiger partial charge is 0.441 e. The van der Waals surface area contributed by atoms with Crippen molar-refractivity contribution >= 4 is 15.9 Å². The van der Waals surface area contributed by atoms with Gasteiger partial charge in [-0.05, 0) is 47.9 Å². The maximum Gasteiger partial charge on any atom is 0.194 e. The quantitative estimate of drug-likeness (QED) is 0.818. The van der Waals surface area contributed by atoms with E-state index in [1.807, 2.05) is 18.3 Å². The zero-order chi connectivity index (χ0) is 13.7. The molecule has 0 saturated heterocycles. The third kappa shape index (κ3) is 3.67. The number of oxazole rings is 1. The fourth-order valence-corrected chi connectivity index (χ4v) is 2.39. The molecule has 0 fully saturated rings. The van der Waals surface area contributed by atoms with Crippen molar-refractivity contribution in [1.29, 1.82) is 0 Å². The van der Waals surface area contributed by atoms with Crippen LogP contribution in [0.25, 0.3) is 11.3 Å². The highest BCUT2D eigenvalue weighted by Crippen LogP contribution is 2.31. The van der Waals surface area contributed by atoms with E-state index >= 15 is 0 Å². The van der Waals surface area contributed by atoms with E-state index in [4.69, 9.17) is 4.42 Å². The van der Waals surface area contributed by atoms with Crippen LogP contribution in [0.2, 0.25) is 0 Å². The Bertz CT molecular complexity index is 537. The molecule has 0 atom stereocenters. The minimum atomic E-state index is 0.807. The van der Waals surface area contributed by atoms with E-state index in [0.29, 0.717) is 0 Å². The number of aryl methyl sites for hydroxylation is 2. The van der Waals surface area contributed by atoms with E-state index < -0.39 is 0 Å². The molecule has 0 saturated carbocycles. The summed E-state index contributed by atoms with van der Waals surface area (Å²) in [6.45, 7) is 6.19. The van der Waals surface area contributed by atoms with Crippen LogP contribution in [-0.2, 0) is 6.42 Å². The van der Waals surface area contributed by atoms with Crippen LogP contribution >= 0.6 is 15.9 Å². The van der Waals surface area contributed by atoms with Gasteiger partial charge in [-0.1, -0.05) is 25.1 Å². The second-order valence-corrected chi connectivity index (χ2v) is 5.30. The third-order valence-electron chi connectivity index (χ3n) is 3.01. The van der Waals surface area contributed by atoms with E-state index in [9.17, 15) is 0 Å². The predicted octanol–water partition coefficient (Wildman–Crippen LogP) is 3.95. The topological polar surface area (TPSA) is 38.1 Å². The molecule has 0 aliphatic heterocycles. The summed E-state index contributed by atoms with van der Waals surface area (Å²) in [6, 6.07) is 6.14. The van der Waals surface area contributed by atoms with Gasteiger partial charge >= 0.3 is 0 Å². The monoisotopic (exact) mass is 322 g/mol. The fourth-order valence-electron chi connectivity index (χ4n) is 1.93. The van der Waals surface area contributed by atoms with Gasteiger partial charge in [-0.3, -0.25) is 0 Å². The highest BCUT2D eigenvalue weighted by molar-refractivity contribution is 9.10. The predicted molar refractivity (Wildman–Crippen MR) is 81.2 cm³/mol. The number of hydrogen-bond acceptors (Lipinski definition) is 3. The van der Waals surface area contributed by atoms with E-state index in [1.54, 1.807) is 0 Å². The smallest absolute Gasteiger partial charge is 0.194 e. The van der Waals surface area contributed by atoms with Gasteiger partial charge in [-0.25, -0.2) is 4.98 Å². The van der Waals surface area contributed by atoms with Crippen molar-refractivity contribution in [2.75, 3.05) is 13.1 Å². The Hall–Kier alpha value is -1.13. The minimum absolute atomic E-state index is 0.807. The van der Waals surface area contributed by atoms with Crippen LogP contribution in [0.3, 0.4) is 0 Å². The van der Waals surface area contributed by atoms with Crippen molar-refractivity contribution < 1.29 is 4.42 Å². The van der Waals surface area contributed by atoms with Crippen LogP contribution in [-0.4, -0.2) is 18.1 Å². The Labute approximate surface area is 122 Å². The van der Waals surface area contributed by atoms with Crippen LogP contribution < -0.4 is 5.32 Å². The van der Waals surface area contributed by atoms with Crippen molar-refractivity contribution in [1.82, 2.24) is 10.3 Å². The molecular formula is C15H19BrN2O. The lowest BCUT2D eigenvalue weighted by molar-refractivity contribution is 0.493. The third-order valence-corrected chi connectivity index (χ3v) is 4.06. The molecule has 0 radical (unpaired) electrons. The normalized spacial score (nSPS) is 10.9. The molecule has 1 aromatic carbocycles. The molecule has 1 aromatic heterocycles. The molecule has 0 aliphatic carbocycles. The number of halogens is 1. The molecule has 3 nitrogen and oxygen atoms in total. The Morgan fingerprint density at radius 2 is 2.21 bits per heavy atom. The van der Waals surface area contributed by atoms with Gasteiger partial charge in [0.15, 0.2) is 11.7 Å². The van der Waals surface area contributed by atoms with Gasteiger partial charge in [-0.2, -0.15) is 0 Å². The van der Waals surface area contributed by atoms with E-state index in [1.165, 1.54) is 5.56 Å². The van der Waals surface area contributed by atoms with Gasteiger partial charge < -0.3 is 9.73 Å². The van der Waals surface area contributed by atoms with Crippen LogP contribution in [0.15, 0.2) is 33.3 Å². The number of aromatic nitrogens is 1. The van der Waals surface area contributed by atoms with Crippen molar-refractivity contribution in [3.63, 3.8) is 0 Å². The average Bonchev–Trinajstić information content (AvgIpc) is 2.87. The first-order chi connectivity index (χ1) is 9.22. The van der Waals surface area contributed by atoms with Crippen molar-refractivity contribution in [2.24, 2.45) is 0 Å². The Morgan fingerprint density at radius 3 is 3.00 bits per heavy atom. The highest BCUT2D eigenvalue weighted by Gasteiger charge is 2.10. The number of benzene rings is 1. The van der Waals surface area contributed by atoms with Crippen molar-refractivity contribution in [3.8, 4) is 11.3 Å². The molecule has 1 heterocycles. The number of nitrogens with one attached hydrogen (secondary N) is 1. The van der Waals surface area contributed by atoms with E-state index in [2.05, 4.69) is 46.1 Å². The summed E-state index contributed by atoms with van der Waals surface area (Å²) >= 11 is 3.60. The van der Waals surface area contributed by atoms with Gasteiger partial charge in [-0.15, -0.1) is 0 Å². The Morgan fingerprint density at radius 1 is 1.37 bits per heavy atom. The van der Waals surface area contributed by atoms with Crippen LogP contribution in [0.1, 0.15) is 24.8 Å². The first-order valence-corrected chi connectivity index (χ1v) is 7.42. The number of hydrogen-bond donors (Lipinski definition) is 1. The minimum Gasteiger partial charge on any atom is -0.441 e. The zero-order valence-corrected chi connectivity index (χ0v) is 13.0. The molecule has 2 aromatic rings. The van der Waals surface area contributed by atoms with Crippen molar-refractivity contribution in [3.05, 3.63) is 40.3 Å². The standard InChI is InChI=1S/C15H19BrN2O/c1-3-17-9-5-8-14-18-10-13(19-14)12-7-4-6-11(2)15(12)16/h4,6-7,10,17H,3,5,8-9H2,1-2H3. The van der Waals surface area contributed by atoms with E-state index in [-0.39, 0.29) is 0 Å². The first-order valence-electron chi connectivity index (χ1n) is 6.63. The molecule has 0 unspecified atom stereocenters. The molecule has 2 rings (SSSR count). The summed E-state index contributed by atoms with van der Waals surface area (Å²) in [5.41, 5.74) is 2.26.